The molecule has 0 aliphatic carbocycles. The average Bonchev–Trinajstić information content (AvgIpc) is 2.82. The molecule has 2 saturated heterocycles. The predicted molar refractivity (Wildman–Crippen MR) is 79.7 cm³/mol. The monoisotopic (exact) mass is 283 g/mol. The summed E-state index contributed by atoms with van der Waals surface area (Å²) in [4.78, 5) is 16.7. The SMILES string of the molecule is CC(C)(C)NC(=O)CN1CCN(C[C@@H]2CCOC2)CC1. The molecule has 2 fully saturated rings. The highest BCUT2D eigenvalue weighted by molar-refractivity contribution is 5.78. The van der Waals surface area contributed by atoms with Crippen molar-refractivity contribution in [1.82, 2.24) is 15.1 Å². The molecule has 0 radical (unpaired) electrons. The number of nitrogens with zero attached hydrogens (tertiary/aromatic N) is 2. The zero-order valence-corrected chi connectivity index (χ0v) is 13.2. The van der Waals surface area contributed by atoms with Crippen molar-refractivity contribution in [2.24, 2.45) is 5.92 Å². The van der Waals surface area contributed by atoms with Gasteiger partial charge in [-0.05, 0) is 33.1 Å². The van der Waals surface area contributed by atoms with Crippen LogP contribution in [0.4, 0.5) is 0 Å². The highest BCUT2D eigenvalue weighted by atomic mass is 16.5. The summed E-state index contributed by atoms with van der Waals surface area (Å²) < 4.78 is 5.43. The Balaban J connectivity index is 1.64. The standard InChI is InChI=1S/C15H29N3O2/c1-15(2,3)16-14(19)11-18-7-5-17(6-8-18)10-13-4-9-20-12-13/h13H,4-12H2,1-3H3,(H,16,19)/t13-/m0/s1. The molecule has 0 unspecified atom stereocenters. The molecule has 1 amide bonds. The molecule has 0 saturated carbocycles. The molecular formula is C15H29N3O2. The number of ether oxygens (including phenoxy) is 1. The molecule has 20 heavy (non-hydrogen) atoms. The summed E-state index contributed by atoms with van der Waals surface area (Å²) in [6.07, 6.45) is 1.20. The topological polar surface area (TPSA) is 44.8 Å². The Morgan fingerprint density at radius 3 is 2.40 bits per heavy atom. The third-order valence-corrected chi connectivity index (χ3v) is 3.89. The van der Waals surface area contributed by atoms with Crippen molar-refractivity contribution in [2.45, 2.75) is 32.7 Å². The van der Waals surface area contributed by atoms with Gasteiger partial charge in [-0.25, -0.2) is 0 Å². The Kier molecular flexibility index (Phi) is 5.41. The lowest BCUT2D eigenvalue weighted by Gasteiger charge is -2.35. The fraction of sp³-hybridized carbons (Fsp3) is 0.933. The third kappa shape index (κ3) is 5.38. The van der Waals surface area contributed by atoms with Gasteiger partial charge in [-0.15, -0.1) is 0 Å². The third-order valence-electron chi connectivity index (χ3n) is 3.89. The number of nitrogens with one attached hydrogen (secondary N) is 1. The van der Waals surface area contributed by atoms with Crippen LogP contribution in [0.1, 0.15) is 27.2 Å². The lowest BCUT2D eigenvalue weighted by atomic mass is 10.1. The quantitative estimate of drug-likeness (QED) is 0.819. The Morgan fingerprint density at radius 2 is 1.85 bits per heavy atom. The van der Waals surface area contributed by atoms with E-state index in [4.69, 9.17) is 4.74 Å². The van der Waals surface area contributed by atoms with Gasteiger partial charge in [-0.1, -0.05) is 0 Å². The Labute approximate surface area is 122 Å². The minimum absolute atomic E-state index is 0.134. The molecule has 5 heteroatoms. The summed E-state index contributed by atoms with van der Waals surface area (Å²) in [5.74, 6) is 0.848. The minimum Gasteiger partial charge on any atom is -0.381 e. The van der Waals surface area contributed by atoms with Gasteiger partial charge in [0, 0.05) is 44.9 Å². The van der Waals surface area contributed by atoms with E-state index in [0.29, 0.717) is 12.5 Å². The number of rotatable bonds is 4. The van der Waals surface area contributed by atoms with E-state index in [9.17, 15) is 4.79 Å². The lowest BCUT2D eigenvalue weighted by molar-refractivity contribution is -0.124. The molecule has 0 aromatic heterocycles. The summed E-state index contributed by atoms with van der Waals surface area (Å²) >= 11 is 0. The van der Waals surface area contributed by atoms with E-state index < -0.39 is 0 Å². The summed E-state index contributed by atoms with van der Waals surface area (Å²) in [6, 6.07) is 0. The number of amides is 1. The van der Waals surface area contributed by atoms with Crippen LogP contribution in [0.3, 0.4) is 0 Å². The van der Waals surface area contributed by atoms with E-state index in [-0.39, 0.29) is 11.4 Å². The zero-order valence-electron chi connectivity index (χ0n) is 13.2. The number of carbonyl (C=O) groups is 1. The van der Waals surface area contributed by atoms with E-state index in [2.05, 4.69) is 15.1 Å². The molecule has 0 spiro atoms. The molecule has 1 N–H and O–H groups in total. The highest BCUT2D eigenvalue weighted by Crippen LogP contribution is 2.15. The first kappa shape index (κ1) is 15.7. The maximum atomic E-state index is 11.9. The van der Waals surface area contributed by atoms with Crippen molar-refractivity contribution in [3.8, 4) is 0 Å². The molecule has 2 aliphatic rings. The molecule has 0 aromatic rings. The van der Waals surface area contributed by atoms with Crippen LogP contribution in [0.25, 0.3) is 0 Å². The first-order valence-corrected chi connectivity index (χ1v) is 7.76. The molecule has 5 nitrogen and oxygen atoms in total. The average molecular weight is 283 g/mol. The van der Waals surface area contributed by atoms with E-state index in [1.165, 1.54) is 6.42 Å². The van der Waals surface area contributed by atoms with Crippen LogP contribution in [-0.4, -0.2) is 73.7 Å². The van der Waals surface area contributed by atoms with Crippen molar-refractivity contribution in [2.75, 3.05) is 52.5 Å². The number of carbonyl (C=O) groups excluding carboxylic acids is 1. The largest absolute Gasteiger partial charge is 0.381 e. The Morgan fingerprint density at radius 1 is 1.20 bits per heavy atom. The summed E-state index contributed by atoms with van der Waals surface area (Å²) in [5.41, 5.74) is -0.138. The second-order valence-electron chi connectivity index (χ2n) is 7.10. The fourth-order valence-corrected chi connectivity index (χ4v) is 2.88. The van der Waals surface area contributed by atoms with Gasteiger partial charge in [0.05, 0.1) is 13.2 Å². The molecule has 0 aromatic carbocycles. The first-order valence-electron chi connectivity index (χ1n) is 7.76. The number of hydrogen-bond acceptors (Lipinski definition) is 4. The van der Waals surface area contributed by atoms with Crippen LogP contribution in [0, 0.1) is 5.92 Å². The van der Waals surface area contributed by atoms with Gasteiger partial charge in [0.2, 0.25) is 5.91 Å². The maximum Gasteiger partial charge on any atom is 0.234 e. The van der Waals surface area contributed by atoms with Gasteiger partial charge in [-0.2, -0.15) is 0 Å². The van der Waals surface area contributed by atoms with Crippen LogP contribution < -0.4 is 5.32 Å². The molecule has 2 aliphatic heterocycles. The van der Waals surface area contributed by atoms with Gasteiger partial charge >= 0.3 is 0 Å². The highest BCUT2D eigenvalue weighted by Gasteiger charge is 2.24. The van der Waals surface area contributed by atoms with Crippen LogP contribution in [-0.2, 0) is 9.53 Å². The number of hydrogen-bond donors (Lipinski definition) is 1. The second kappa shape index (κ2) is 6.87. The van der Waals surface area contributed by atoms with Crippen molar-refractivity contribution < 1.29 is 9.53 Å². The normalized spacial score (nSPS) is 25.9. The summed E-state index contributed by atoms with van der Waals surface area (Å²) in [5, 5.41) is 3.03. The smallest absolute Gasteiger partial charge is 0.234 e. The van der Waals surface area contributed by atoms with Crippen LogP contribution in [0.5, 0.6) is 0 Å². The first-order chi connectivity index (χ1) is 9.42. The summed E-state index contributed by atoms with van der Waals surface area (Å²) in [6.45, 7) is 13.7. The van der Waals surface area contributed by atoms with Crippen LogP contribution in [0.2, 0.25) is 0 Å². The molecule has 116 valence electrons. The van der Waals surface area contributed by atoms with E-state index in [1.54, 1.807) is 0 Å². The fourth-order valence-electron chi connectivity index (χ4n) is 2.88. The van der Waals surface area contributed by atoms with Crippen molar-refractivity contribution >= 4 is 5.91 Å². The van der Waals surface area contributed by atoms with Crippen molar-refractivity contribution in [3.63, 3.8) is 0 Å². The van der Waals surface area contributed by atoms with Crippen LogP contribution >= 0.6 is 0 Å². The molecule has 1 atom stereocenters. The lowest BCUT2D eigenvalue weighted by Crippen LogP contribution is -2.52. The molecule has 0 bridgehead atoms. The molecule has 2 rings (SSSR count). The van der Waals surface area contributed by atoms with E-state index in [1.807, 2.05) is 20.8 Å². The van der Waals surface area contributed by atoms with E-state index in [0.717, 1.165) is 45.9 Å². The minimum atomic E-state index is -0.138. The molecular weight excluding hydrogens is 254 g/mol. The van der Waals surface area contributed by atoms with Crippen LogP contribution in [0.15, 0.2) is 0 Å². The number of piperazine rings is 1. The zero-order chi connectivity index (χ0) is 14.6. The predicted octanol–water partition coefficient (Wildman–Crippen LogP) is 0.555. The molecule has 2 heterocycles. The Bertz CT molecular complexity index is 314. The van der Waals surface area contributed by atoms with Crippen molar-refractivity contribution in [1.29, 1.82) is 0 Å². The second-order valence-corrected chi connectivity index (χ2v) is 7.10. The van der Waals surface area contributed by atoms with Crippen molar-refractivity contribution in [3.05, 3.63) is 0 Å². The van der Waals surface area contributed by atoms with Gasteiger partial charge in [0.1, 0.15) is 0 Å². The van der Waals surface area contributed by atoms with Gasteiger partial charge in [0.25, 0.3) is 0 Å². The Hall–Kier alpha value is -0.650. The maximum absolute atomic E-state index is 11.9. The summed E-state index contributed by atoms with van der Waals surface area (Å²) in [7, 11) is 0. The van der Waals surface area contributed by atoms with Gasteiger partial charge in [-0.3, -0.25) is 9.69 Å². The van der Waals surface area contributed by atoms with Gasteiger partial charge in [0.15, 0.2) is 0 Å². The van der Waals surface area contributed by atoms with E-state index >= 15 is 0 Å². The van der Waals surface area contributed by atoms with Gasteiger partial charge < -0.3 is 15.0 Å².